The number of rotatable bonds is 4. The highest BCUT2D eigenvalue weighted by atomic mass is 35.5. The molecule has 0 saturated carbocycles. The lowest BCUT2D eigenvalue weighted by atomic mass is 9.94. The third-order valence-electron chi connectivity index (χ3n) is 5.53. The van der Waals surface area contributed by atoms with Crippen molar-refractivity contribution in [2.45, 2.75) is 0 Å². The lowest BCUT2D eigenvalue weighted by molar-refractivity contribution is 0.416. The predicted octanol–water partition coefficient (Wildman–Crippen LogP) is 7.60. The molecule has 1 aliphatic heterocycles. The van der Waals surface area contributed by atoms with Crippen LogP contribution in [0.25, 0.3) is 33.6 Å². The molecule has 0 unspecified atom stereocenters. The fraction of sp³-hybridized carbons (Fsp3) is 0.0769. The van der Waals surface area contributed by atoms with Crippen LogP contribution in [0.3, 0.4) is 0 Å². The largest absolute Gasteiger partial charge is 0.507 e. The normalized spacial score (nSPS) is 13.0. The molecule has 4 aromatic rings. The standard InChI is InChI=1S/C26H20ClNO2S/c1-30-21-10-6-5-9-19(21)17-11-13-18(14-12-17)22-23-24(29)20(16-7-3-2-4-8-16)15-28-26(23)31-25(22)27/h2-14,28-29H,15H2,1H3. The molecule has 0 aliphatic carbocycles. The van der Waals surface area contributed by atoms with Gasteiger partial charge in [-0.3, -0.25) is 0 Å². The third kappa shape index (κ3) is 3.48. The van der Waals surface area contributed by atoms with Crippen molar-refractivity contribution in [2.75, 3.05) is 19.0 Å². The molecule has 0 saturated heterocycles. The van der Waals surface area contributed by atoms with Crippen molar-refractivity contribution in [3.8, 4) is 28.0 Å². The second-order valence-corrected chi connectivity index (χ2v) is 8.90. The molecule has 5 heteroatoms. The SMILES string of the molecule is COc1ccccc1-c1ccc(-c2c(Cl)sc3c2C(O)=C(c2ccccc2)CN3)cc1. The fourth-order valence-electron chi connectivity index (χ4n) is 3.99. The van der Waals surface area contributed by atoms with Gasteiger partial charge in [-0.25, -0.2) is 0 Å². The Morgan fingerprint density at radius 3 is 2.26 bits per heavy atom. The number of benzene rings is 3. The summed E-state index contributed by atoms with van der Waals surface area (Å²) in [6.45, 7) is 0.561. The lowest BCUT2D eigenvalue weighted by Crippen LogP contribution is -2.12. The van der Waals surface area contributed by atoms with Crippen LogP contribution in [0.1, 0.15) is 11.1 Å². The van der Waals surface area contributed by atoms with E-state index in [-0.39, 0.29) is 5.76 Å². The van der Waals surface area contributed by atoms with Crippen molar-refractivity contribution in [3.63, 3.8) is 0 Å². The van der Waals surface area contributed by atoms with Crippen molar-refractivity contribution in [1.82, 2.24) is 0 Å². The molecule has 2 N–H and O–H groups in total. The Balaban J connectivity index is 1.59. The van der Waals surface area contributed by atoms with Gasteiger partial charge in [0, 0.05) is 23.2 Å². The lowest BCUT2D eigenvalue weighted by Gasteiger charge is -2.20. The molecule has 5 rings (SSSR count). The molecule has 3 aromatic carbocycles. The van der Waals surface area contributed by atoms with Crippen LogP contribution in [-0.2, 0) is 0 Å². The maximum atomic E-state index is 11.2. The Morgan fingerprint density at radius 1 is 0.839 bits per heavy atom. The van der Waals surface area contributed by atoms with Crippen molar-refractivity contribution >= 4 is 39.3 Å². The third-order valence-corrected chi connectivity index (χ3v) is 6.88. The van der Waals surface area contributed by atoms with Gasteiger partial charge in [0.05, 0.1) is 12.7 Å². The first-order valence-electron chi connectivity index (χ1n) is 9.95. The minimum Gasteiger partial charge on any atom is -0.507 e. The summed E-state index contributed by atoms with van der Waals surface area (Å²) in [5, 5.41) is 15.5. The number of hydrogen-bond acceptors (Lipinski definition) is 4. The molecule has 0 radical (unpaired) electrons. The van der Waals surface area contributed by atoms with E-state index >= 15 is 0 Å². The number of ether oxygens (including phenoxy) is 1. The van der Waals surface area contributed by atoms with E-state index in [9.17, 15) is 5.11 Å². The Hall–Kier alpha value is -3.21. The van der Waals surface area contributed by atoms with Crippen LogP contribution in [-0.4, -0.2) is 18.8 Å². The van der Waals surface area contributed by atoms with Crippen LogP contribution in [0.4, 0.5) is 5.00 Å². The Kier molecular flexibility index (Phi) is 5.18. The van der Waals surface area contributed by atoms with Crippen LogP contribution in [0, 0.1) is 0 Å². The van der Waals surface area contributed by atoms with Crippen LogP contribution in [0.2, 0.25) is 4.34 Å². The molecule has 0 bridgehead atoms. The second-order valence-electron chi connectivity index (χ2n) is 7.28. The maximum Gasteiger partial charge on any atom is 0.132 e. The van der Waals surface area contributed by atoms with E-state index in [4.69, 9.17) is 16.3 Å². The zero-order valence-corrected chi connectivity index (χ0v) is 18.4. The molecular weight excluding hydrogens is 426 g/mol. The van der Waals surface area contributed by atoms with Gasteiger partial charge in [-0.05, 0) is 22.8 Å². The van der Waals surface area contributed by atoms with Gasteiger partial charge in [0.1, 0.15) is 20.8 Å². The Bertz CT molecular complexity index is 1280. The summed E-state index contributed by atoms with van der Waals surface area (Å²) in [5.74, 6) is 1.12. The average molecular weight is 446 g/mol. The van der Waals surface area contributed by atoms with E-state index in [0.717, 1.165) is 49.7 Å². The van der Waals surface area contributed by atoms with Gasteiger partial charge in [0.25, 0.3) is 0 Å². The number of thiophene rings is 1. The van der Waals surface area contributed by atoms with Crippen molar-refractivity contribution in [1.29, 1.82) is 0 Å². The molecule has 0 fully saturated rings. The van der Waals surface area contributed by atoms with Gasteiger partial charge in [-0.15, -0.1) is 11.3 Å². The van der Waals surface area contributed by atoms with E-state index in [1.165, 1.54) is 11.3 Å². The first-order valence-corrected chi connectivity index (χ1v) is 11.1. The van der Waals surface area contributed by atoms with Crippen LogP contribution in [0.15, 0.2) is 78.9 Å². The summed E-state index contributed by atoms with van der Waals surface area (Å²) in [5.41, 5.74) is 6.54. The molecular formula is C26H20ClNO2S. The molecule has 154 valence electrons. The summed E-state index contributed by atoms with van der Waals surface area (Å²) in [6, 6.07) is 26.1. The number of fused-ring (bicyclic) bond motifs is 1. The summed E-state index contributed by atoms with van der Waals surface area (Å²) < 4.78 is 6.15. The van der Waals surface area contributed by atoms with Gasteiger partial charge < -0.3 is 15.2 Å². The molecule has 1 aliphatic rings. The first-order chi connectivity index (χ1) is 15.2. The molecule has 31 heavy (non-hydrogen) atoms. The van der Waals surface area contributed by atoms with Crippen molar-refractivity contribution in [3.05, 3.63) is 94.3 Å². The van der Waals surface area contributed by atoms with Gasteiger partial charge >= 0.3 is 0 Å². The van der Waals surface area contributed by atoms with Crippen LogP contribution in [0.5, 0.6) is 5.75 Å². The number of aliphatic hydroxyl groups is 1. The zero-order valence-electron chi connectivity index (χ0n) is 16.9. The van der Waals surface area contributed by atoms with E-state index in [1.807, 2.05) is 66.7 Å². The number of halogens is 1. The molecule has 3 nitrogen and oxygen atoms in total. The zero-order chi connectivity index (χ0) is 21.4. The summed E-state index contributed by atoms with van der Waals surface area (Å²) in [4.78, 5) is 0. The summed E-state index contributed by atoms with van der Waals surface area (Å²) >= 11 is 8.12. The number of para-hydroxylation sites is 1. The molecule has 0 atom stereocenters. The second kappa shape index (κ2) is 8.14. The number of anilines is 1. The van der Waals surface area contributed by atoms with Crippen LogP contribution >= 0.6 is 22.9 Å². The smallest absolute Gasteiger partial charge is 0.132 e. The van der Waals surface area contributed by atoms with Crippen LogP contribution < -0.4 is 10.1 Å². The fourth-order valence-corrected chi connectivity index (χ4v) is 5.37. The van der Waals surface area contributed by atoms with Gasteiger partial charge in [0.2, 0.25) is 0 Å². The van der Waals surface area contributed by atoms with Crippen molar-refractivity contribution < 1.29 is 9.84 Å². The average Bonchev–Trinajstić information content (AvgIpc) is 3.16. The predicted molar refractivity (Wildman–Crippen MR) is 131 cm³/mol. The van der Waals surface area contributed by atoms with E-state index in [1.54, 1.807) is 7.11 Å². The molecule has 0 spiro atoms. The highest BCUT2D eigenvalue weighted by Crippen LogP contribution is 2.49. The number of methoxy groups -OCH3 is 1. The van der Waals surface area contributed by atoms with E-state index in [2.05, 4.69) is 17.4 Å². The topological polar surface area (TPSA) is 41.5 Å². The van der Waals surface area contributed by atoms with Crippen molar-refractivity contribution in [2.24, 2.45) is 0 Å². The maximum absolute atomic E-state index is 11.2. The van der Waals surface area contributed by atoms with Gasteiger partial charge in [-0.2, -0.15) is 0 Å². The van der Waals surface area contributed by atoms with Gasteiger partial charge in [0.15, 0.2) is 0 Å². The van der Waals surface area contributed by atoms with Gasteiger partial charge in [-0.1, -0.05) is 84.4 Å². The minimum atomic E-state index is 0.284. The quantitative estimate of drug-likeness (QED) is 0.340. The minimum absolute atomic E-state index is 0.284. The highest BCUT2D eigenvalue weighted by molar-refractivity contribution is 7.21. The summed E-state index contributed by atoms with van der Waals surface area (Å²) in [6.07, 6.45) is 0. The number of nitrogens with one attached hydrogen (secondary N) is 1. The first kappa shape index (κ1) is 19.7. The number of aliphatic hydroxyl groups excluding tert-OH is 1. The van der Waals surface area contributed by atoms with E-state index in [0.29, 0.717) is 10.9 Å². The van der Waals surface area contributed by atoms with E-state index < -0.39 is 0 Å². The Morgan fingerprint density at radius 2 is 1.52 bits per heavy atom. The molecule has 2 heterocycles. The molecule has 0 amide bonds. The highest BCUT2D eigenvalue weighted by Gasteiger charge is 2.27. The molecule has 1 aromatic heterocycles. The Labute approximate surface area is 190 Å². The summed E-state index contributed by atoms with van der Waals surface area (Å²) in [7, 11) is 1.68. The number of hydrogen-bond donors (Lipinski definition) is 2. The monoisotopic (exact) mass is 445 g/mol.